The van der Waals surface area contributed by atoms with Crippen LogP contribution in [0.5, 0.6) is 11.5 Å². The summed E-state index contributed by atoms with van der Waals surface area (Å²) in [5.41, 5.74) is -0.182. The first-order chi connectivity index (χ1) is 7.51. The zero-order valence-electron chi connectivity index (χ0n) is 8.59. The van der Waals surface area contributed by atoms with Gasteiger partial charge in [-0.25, -0.2) is 8.78 Å². The van der Waals surface area contributed by atoms with E-state index in [1.165, 1.54) is 26.4 Å². The Labute approximate surface area is 99.5 Å². The first kappa shape index (κ1) is 12.9. The average Bonchev–Trinajstić information content (AvgIpc) is 2.26. The molecular weight excluding hydrogens is 286 g/mol. The zero-order valence-corrected chi connectivity index (χ0v) is 10.2. The molecule has 0 unspecified atom stereocenters. The maximum Gasteiger partial charge on any atom is 0.300 e. The fourth-order valence-electron chi connectivity index (χ4n) is 1.18. The second-order valence-electron chi connectivity index (χ2n) is 2.85. The number of hydrogen-bond donors (Lipinski definition) is 0. The Hall–Kier alpha value is -1.17. The summed E-state index contributed by atoms with van der Waals surface area (Å²) in [5, 5.41) is 0. The van der Waals surface area contributed by atoms with Gasteiger partial charge in [-0.05, 0) is 22.0 Å². The van der Waals surface area contributed by atoms with Crippen LogP contribution in [0.4, 0.5) is 8.78 Å². The third-order valence-corrected chi connectivity index (χ3v) is 2.55. The van der Waals surface area contributed by atoms with Crippen molar-refractivity contribution < 1.29 is 23.0 Å². The number of rotatable bonds is 4. The van der Waals surface area contributed by atoms with Crippen LogP contribution in [-0.2, 0) is 0 Å². The van der Waals surface area contributed by atoms with Crippen molar-refractivity contribution in [2.24, 2.45) is 0 Å². The Balaban J connectivity index is 3.32. The predicted molar refractivity (Wildman–Crippen MR) is 57.6 cm³/mol. The molecule has 0 spiro atoms. The van der Waals surface area contributed by atoms with Crippen molar-refractivity contribution in [3.05, 3.63) is 22.2 Å². The normalized spacial score (nSPS) is 10.4. The standard InChI is InChI=1S/C10H9BrF2O3/c1-15-5-3-6(11)8(7(4-5)16-2)9(14)10(12)13/h3-4,10H,1-2H3. The zero-order chi connectivity index (χ0) is 12.3. The molecule has 1 aromatic rings. The highest BCUT2D eigenvalue weighted by atomic mass is 79.9. The monoisotopic (exact) mass is 294 g/mol. The lowest BCUT2D eigenvalue weighted by atomic mass is 10.1. The lowest BCUT2D eigenvalue weighted by Crippen LogP contribution is -2.12. The molecule has 0 saturated carbocycles. The molecule has 0 saturated heterocycles. The van der Waals surface area contributed by atoms with Gasteiger partial charge in [0.15, 0.2) is 0 Å². The van der Waals surface area contributed by atoms with E-state index in [9.17, 15) is 13.6 Å². The summed E-state index contributed by atoms with van der Waals surface area (Å²) in [6.45, 7) is 0. The Kier molecular flexibility index (Phi) is 4.23. The second-order valence-corrected chi connectivity index (χ2v) is 3.71. The van der Waals surface area contributed by atoms with Crippen LogP contribution in [0.15, 0.2) is 16.6 Å². The Bertz CT molecular complexity index is 407. The van der Waals surface area contributed by atoms with Crippen LogP contribution in [-0.4, -0.2) is 26.4 Å². The summed E-state index contributed by atoms with van der Waals surface area (Å²) >= 11 is 3.03. The average molecular weight is 295 g/mol. The van der Waals surface area contributed by atoms with Crippen molar-refractivity contribution >= 4 is 21.7 Å². The predicted octanol–water partition coefficient (Wildman–Crippen LogP) is 2.91. The van der Waals surface area contributed by atoms with Gasteiger partial charge in [-0.2, -0.15) is 0 Å². The largest absolute Gasteiger partial charge is 0.497 e. The van der Waals surface area contributed by atoms with Crippen LogP contribution in [0.2, 0.25) is 0 Å². The summed E-state index contributed by atoms with van der Waals surface area (Å²) < 4.78 is 34.7. The van der Waals surface area contributed by atoms with E-state index in [-0.39, 0.29) is 15.8 Å². The molecular formula is C10H9BrF2O3. The number of carbonyl (C=O) groups is 1. The first-order valence-electron chi connectivity index (χ1n) is 4.25. The summed E-state index contributed by atoms with van der Waals surface area (Å²) in [6.07, 6.45) is -3.07. The van der Waals surface area contributed by atoms with Gasteiger partial charge in [-0.1, -0.05) is 0 Å². The molecule has 0 aliphatic heterocycles. The van der Waals surface area contributed by atoms with Gasteiger partial charge >= 0.3 is 6.43 Å². The van der Waals surface area contributed by atoms with Crippen LogP contribution in [0.1, 0.15) is 10.4 Å². The number of ketones is 1. The second kappa shape index (κ2) is 5.25. The van der Waals surface area contributed by atoms with Gasteiger partial charge < -0.3 is 9.47 Å². The molecule has 0 aliphatic rings. The minimum atomic E-state index is -3.07. The molecule has 0 heterocycles. The van der Waals surface area contributed by atoms with Crippen LogP contribution >= 0.6 is 15.9 Å². The van der Waals surface area contributed by atoms with Crippen molar-refractivity contribution in [2.75, 3.05) is 14.2 Å². The van der Waals surface area contributed by atoms with Gasteiger partial charge in [0.2, 0.25) is 5.78 Å². The molecule has 0 aliphatic carbocycles. The lowest BCUT2D eigenvalue weighted by molar-refractivity contribution is 0.0674. The topological polar surface area (TPSA) is 35.5 Å². The van der Waals surface area contributed by atoms with Crippen molar-refractivity contribution in [1.29, 1.82) is 0 Å². The molecule has 88 valence electrons. The van der Waals surface area contributed by atoms with E-state index in [4.69, 9.17) is 9.47 Å². The smallest absolute Gasteiger partial charge is 0.300 e. The van der Waals surface area contributed by atoms with Gasteiger partial charge in [-0.3, -0.25) is 4.79 Å². The van der Waals surface area contributed by atoms with E-state index in [2.05, 4.69) is 15.9 Å². The molecule has 0 N–H and O–H groups in total. The molecule has 0 amide bonds. The van der Waals surface area contributed by atoms with Crippen LogP contribution in [0, 0.1) is 0 Å². The Morgan fingerprint density at radius 3 is 2.38 bits per heavy atom. The van der Waals surface area contributed by atoms with Crippen molar-refractivity contribution in [3.8, 4) is 11.5 Å². The summed E-state index contributed by atoms with van der Waals surface area (Å²) in [4.78, 5) is 11.2. The highest BCUT2D eigenvalue weighted by molar-refractivity contribution is 9.10. The highest BCUT2D eigenvalue weighted by Crippen LogP contribution is 2.33. The third kappa shape index (κ3) is 2.49. The molecule has 0 atom stereocenters. The minimum absolute atomic E-state index is 0.0523. The van der Waals surface area contributed by atoms with Gasteiger partial charge in [0.05, 0.1) is 19.8 Å². The van der Waals surface area contributed by atoms with Crippen molar-refractivity contribution in [1.82, 2.24) is 0 Å². The van der Waals surface area contributed by atoms with E-state index >= 15 is 0 Å². The van der Waals surface area contributed by atoms with E-state index in [1.807, 2.05) is 0 Å². The fraction of sp³-hybridized carbons (Fsp3) is 0.300. The Morgan fingerprint density at radius 2 is 1.94 bits per heavy atom. The molecule has 3 nitrogen and oxygen atoms in total. The van der Waals surface area contributed by atoms with E-state index in [0.717, 1.165) is 0 Å². The SMILES string of the molecule is COc1cc(Br)c(C(=O)C(F)F)c(OC)c1. The van der Waals surface area contributed by atoms with Gasteiger partial charge in [0, 0.05) is 10.5 Å². The number of alkyl halides is 2. The summed E-state index contributed by atoms with van der Waals surface area (Å²) in [7, 11) is 2.72. The summed E-state index contributed by atoms with van der Waals surface area (Å²) in [6, 6.07) is 2.80. The highest BCUT2D eigenvalue weighted by Gasteiger charge is 2.25. The number of halogens is 3. The fourth-order valence-corrected chi connectivity index (χ4v) is 1.80. The molecule has 0 radical (unpaired) electrons. The van der Waals surface area contributed by atoms with Crippen molar-refractivity contribution in [2.45, 2.75) is 6.43 Å². The van der Waals surface area contributed by atoms with Crippen LogP contribution < -0.4 is 9.47 Å². The molecule has 6 heteroatoms. The van der Waals surface area contributed by atoms with Gasteiger partial charge in [0.1, 0.15) is 11.5 Å². The number of carbonyl (C=O) groups excluding carboxylic acids is 1. The first-order valence-corrected chi connectivity index (χ1v) is 5.04. The van der Waals surface area contributed by atoms with Gasteiger partial charge in [0.25, 0.3) is 0 Å². The molecule has 1 rings (SSSR count). The molecule has 16 heavy (non-hydrogen) atoms. The number of methoxy groups -OCH3 is 2. The lowest BCUT2D eigenvalue weighted by Gasteiger charge is -2.11. The Morgan fingerprint density at radius 1 is 1.31 bits per heavy atom. The quantitative estimate of drug-likeness (QED) is 0.801. The molecule has 1 aromatic carbocycles. The van der Waals surface area contributed by atoms with Gasteiger partial charge in [-0.15, -0.1) is 0 Å². The minimum Gasteiger partial charge on any atom is -0.497 e. The number of benzene rings is 1. The number of Topliss-reactive ketones (excluding diaryl/α,β-unsaturated/α-hetero) is 1. The third-order valence-electron chi connectivity index (χ3n) is 1.93. The van der Waals surface area contributed by atoms with E-state index in [0.29, 0.717) is 5.75 Å². The number of hydrogen-bond acceptors (Lipinski definition) is 3. The number of ether oxygens (including phenoxy) is 2. The molecule has 0 bridgehead atoms. The van der Waals surface area contributed by atoms with Crippen molar-refractivity contribution in [3.63, 3.8) is 0 Å². The molecule has 0 fully saturated rings. The maximum atomic E-state index is 12.3. The van der Waals surface area contributed by atoms with E-state index < -0.39 is 12.2 Å². The molecule has 0 aromatic heterocycles. The maximum absolute atomic E-state index is 12.3. The van der Waals surface area contributed by atoms with Crippen LogP contribution in [0.3, 0.4) is 0 Å². The van der Waals surface area contributed by atoms with Crippen LogP contribution in [0.25, 0.3) is 0 Å². The summed E-state index contributed by atoms with van der Waals surface area (Å²) in [5.74, 6) is -0.822. The van der Waals surface area contributed by atoms with E-state index in [1.54, 1.807) is 0 Å².